The number of phosphoric acid groups is 1. The van der Waals surface area contributed by atoms with Crippen LogP contribution in [-0.4, -0.2) is 70.0 Å². The van der Waals surface area contributed by atoms with Gasteiger partial charge in [-0.25, -0.2) is 0 Å². The van der Waals surface area contributed by atoms with Crippen molar-refractivity contribution in [3.63, 3.8) is 0 Å². The summed E-state index contributed by atoms with van der Waals surface area (Å²) in [4.78, 5) is 38.1. The Kier molecular flexibility index (Phi) is 64.1. The Balaban J connectivity index is 4.14. The number of allylic oxidation sites excluding steroid dienone is 24. The molecule has 0 heterocycles. The molecule has 0 spiro atoms. The fourth-order valence-electron chi connectivity index (χ4n) is 9.42. The average Bonchev–Trinajstić information content (AvgIpc) is 3.68. The molecule has 502 valence electrons. The number of esters is 2. The maximum atomic E-state index is 12.9. The predicted octanol–water partition coefficient (Wildman–Crippen LogP) is 22.7. The van der Waals surface area contributed by atoms with Gasteiger partial charge in [-0.05, 0) is 122 Å². The van der Waals surface area contributed by atoms with Crippen molar-refractivity contribution >= 4 is 19.8 Å². The van der Waals surface area contributed by atoms with E-state index in [1.54, 1.807) is 0 Å². The van der Waals surface area contributed by atoms with Crippen molar-refractivity contribution in [2.45, 2.75) is 290 Å². The second-order valence-corrected chi connectivity index (χ2v) is 25.9. The van der Waals surface area contributed by atoms with Crippen LogP contribution in [0.5, 0.6) is 0 Å². The highest BCUT2D eigenvalue weighted by molar-refractivity contribution is 7.45. The topological polar surface area (TPSA) is 111 Å². The number of carbonyl (C=O) groups is 2. The summed E-state index contributed by atoms with van der Waals surface area (Å²) in [7, 11) is 1.13. The van der Waals surface area contributed by atoms with Gasteiger partial charge in [0.25, 0.3) is 7.82 Å². The lowest BCUT2D eigenvalue weighted by molar-refractivity contribution is -0.870. The molecule has 10 heteroatoms. The van der Waals surface area contributed by atoms with Crippen LogP contribution in [0.2, 0.25) is 0 Å². The van der Waals surface area contributed by atoms with E-state index in [0.29, 0.717) is 17.4 Å². The summed E-state index contributed by atoms with van der Waals surface area (Å²) in [5.74, 6) is -0.875. The van der Waals surface area contributed by atoms with Crippen LogP contribution in [0.3, 0.4) is 0 Å². The molecule has 0 radical (unpaired) electrons. The van der Waals surface area contributed by atoms with Crippen LogP contribution in [0.15, 0.2) is 146 Å². The number of ether oxygens (including phenoxy) is 2. The molecule has 0 bridgehead atoms. The normalized spacial score (nSPS) is 14.0. The minimum absolute atomic E-state index is 0.0446. The van der Waals surface area contributed by atoms with Gasteiger partial charge in [-0.15, -0.1) is 0 Å². The molecule has 0 aliphatic rings. The van der Waals surface area contributed by atoms with Gasteiger partial charge in [0.05, 0.1) is 27.7 Å². The molecule has 0 aliphatic heterocycles. The third-order valence-corrected chi connectivity index (χ3v) is 15.8. The summed E-state index contributed by atoms with van der Waals surface area (Å²) in [6.07, 6.45) is 99.3. The molecule has 0 rings (SSSR count). The highest BCUT2D eigenvalue weighted by Crippen LogP contribution is 2.38. The van der Waals surface area contributed by atoms with Gasteiger partial charge in [-0.1, -0.05) is 295 Å². The molecule has 0 aromatic rings. The number of nitrogens with zero attached hydrogens (tertiary/aromatic N) is 1. The third-order valence-electron chi connectivity index (χ3n) is 14.8. The zero-order valence-electron chi connectivity index (χ0n) is 57.1. The molecule has 0 N–H and O–H groups in total. The maximum Gasteiger partial charge on any atom is 0.306 e. The fraction of sp³-hybridized carbons (Fsp3) is 0.667. The van der Waals surface area contributed by atoms with E-state index in [4.69, 9.17) is 18.5 Å². The molecule has 0 saturated heterocycles. The second kappa shape index (κ2) is 67.3. The summed E-state index contributed by atoms with van der Waals surface area (Å²) in [6, 6.07) is 0. The zero-order valence-corrected chi connectivity index (χ0v) is 58.0. The quantitative estimate of drug-likeness (QED) is 0.0195. The molecular weight excluding hydrogens is 1110 g/mol. The van der Waals surface area contributed by atoms with Gasteiger partial charge in [0.2, 0.25) is 0 Å². The van der Waals surface area contributed by atoms with Gasteiger partial charge in [-0.3, -0.25) is 14.2 Å². The Morgan fingerprint density at radius 1 is 0.364 bits per heavy atom. The van der Waals surface area contributed by atoms with Gasteiger partial charge in [0, 0.05) is 12.8 Å². The Bertz CT molecular complexity index is 2000. The Hall–Kier alpha value is -4.11. The van der Waals surface area contributed by atoms with Crippen LogP contribution < -0.4 is 4.89 Å². The fourth-order valence-corrected chi connectivity index (χ4v) is 10.2. The Labute approximate surface area is 542 Å². The molecular formula is C78H132NO8P. The van der Waals surface area contributed by atoms with E-state index < -0.39 is 32.5 Å². The Morgan fingerprint density at radius 3 is 0.977 bits per heavy atom. The molecule has 9 nitrogen and oxygen atoms in total. The maximum absolute atomic E-state index is 12.9. The molecule has 0 aromatic carbocycles. The lowest BCUT2D eigenvalue weighted by Crippen LogP contribution is -2.37. The molecule has 0 fully saturated rings. The molecule has 88 heavy (non-hydrogen) atoms. The zero-order chi connectivity index (χ0) is 64.1. The van der Waals surface area contributed by atoms with Crippen molar-refractivity contribution in [2.75, 3.05) is 47.5 Å². The number of rotatable bonds is 64. The number of likely N-dealkylation sites (N-methyl/N-ethyl adjacent to an activating group) is 1. The van der Waals surface area contributed by atoms with Crippen molar-refractivity contribution in [1.82, 2.24) is 0 Å². The van der Waals surface area contributed by atoms with Gasteiger partial charge >= 0.3 is 11.9 Å². The minimum atomic E-state index is -4.66. The predicted molar refractivity (Wildman–Crippen MR) is 378 cm³/mol. The molecule has 0 aliphatic carbocycles. The standard InChI is InChI=1S/C78H132NO8P/c1-6-8-10-12-14-16-18-20-22-24-26-28-30-32-34-36-38-39-41-42-44-46-48-50-52-54-56-58-60-62-64-66-68-70-77(80)84-74-76(75-86-88(82,83)85-73-72-79(3,4)5)87-78(81)71-69-67-65-63-61-59-57-55-53-51-49-47-45-43-40-37-35-33-31-29-27-25-23-21-19-17-15-13-11-9-7-2/h9,11,15,17-18,20-21,23-24,26-27,29-30,32-33,35,40,43,47,49,53,55,59,61,76H,6-8,10,12-14,16,19,22,25,28,31,34,36-39,41-42,44-46,48,50-52,54,56-58,60,62-75H2,1-5H3/b11-9-,17-15-,20-18-,23-21-,26-24-,29-27-,32-30-,35-33-,43-40-,49-47-,55-53-,61-59-. The number of quaternary nitrogens is 1. The van der Waals surface area contributed by atoms with Crippen molar-refractivity contribution in [2.24, 2.45) is 0 Å². The minimum Gasteiger partial charge on any atom is -0.756 e. The SMILES string of the molecule is CC/C=C\C/C=C\C/C=C\C/C=C\C/C=C\C/C=C\C/C=C\C/C=C\C/C=C\CCCCCC(=O)OC(COC(=O)CCCCCCCCCCCCCCCCCCCC/C=C\C/C=C\C/C=C\CCCCCCC)COP(=O)([O-])OCC[N+](C)(C)C. The van der Waals surface area contributed by atoms with Gasteiger partial charge in [-0.2, -0.15) is 0 Å². The van der Waals surface area contributed by atoms with Crippen molar-refractivity contribution in [1.29, 1.82) is 0 Å². The number of unbranched alkanes of at least 4 members (excludes halogenated alkanes) is 26. The van der Waals surface area contributed by atoms with E-state index in [0.717, 1.165) is 109 Å². The number of hydrogen-bond acceptors (Lipinski definition) is 8. The average molecular weight is 1240 g/mol. The lowest BCUT2D eigenvalue weighted by Gasteiger charge is -2.28. The van der Waals surface area contributed by atoms with Crippen LogP contribution in [0, 0.1) is 0 Å². The third kappa shape index (κ3) is 71.0. The van der Waals surface area contributed by atoms with E-state index in [1.165, 1.54) is 141 Å². The molecule has 0 aromatic heterocycles. The van der Waals surface area contributed by atoms with E-state index in [2.05, 4.69) is 160 Å². The first kappa shape index (κ1) is 83.9. The van der Waals surface area contributed by atoms with Crippen molar-refractivity contribution in [3.8, 4) is 0 Å². The molecule has 0 saturated carbocycles. The largest absolute Gasteiger partial charge is 0.756 e. The number of hydrogen-bond donors (Lipinski definition) is 0. The van der Waals surface area contributed by atoms with E-state index in [-0.39, 0.29) is 26.1 Å². The van der Waals surface area contributed by atoms with E-state index in [9.17, 15) is 19.0 Å². The molecule has 2 atom stereocenters. The Morgan fingerprint density at radius 2 is 0.648 bits per heavy atom. The monoisotopic (exact) mass is 1240 g/mol. The smallest absolute Gasteiger partial charge is 0.306 e. The first-order valence-corrected chi connectivity index (χ1v) is 37.0. The summed E-state index contributed by atoms with van der Waals surface area (Å²) in [5, 5.41) is 0. The second-order valence-electron chi connectivity index (χ2n) is 24.5. The summed E-state index contributed by atoms with van der Waals surface area (Å²) < 4.78 is 34.3. The number of carbonyl (C=O) groups excluding carboxylic acids is 2. The van der Waals surface area contributed by atoms with Crippen LogP contribution in [-0.2, 0) is 32.7 Å². The number of phosphoric ester groups is 1. The van der Waals surface area contributed by atoms with Crippen molar-refractivity contribution < 1.29 is 42.1 Å². The van der Waals surface area contributed by atoms with Gasteiger partial charge in [0.1, 0.15) is 19.8 Å². The highest BCUT2D eigenvalue weighted by Gasteiger charge is 2.22. The van der Waals surface area contributed by atoms with Crippen LogP contribution in [0.25, 0.3) is 0 Å². The summed E-state index contributed by atoms with van der Waals surface area (Å²) >= 11 is 0. The first-order valence-electron chi connectivity index (χ1n) is 35.5. The van der Waals surface area contributed by atoms with Crippen LogP contribution in [0.1, 0.15) is 284 Å². The van der Waals surface area contributed by atoms with E-state index >= 15 is 0 Å². The van der Waals surface area contributed by atoms with Gasteiger partial charge < -0.3 is 27.9 Å². The highest BCUT2D eigenvalue weighted by atomic mass is 31.2. The molecule has 2 unspecified atom stereocenters. The van der Waals surface area contributed by atoms with E-state index in [1.807, 2.05) is 21.1 Å². The van der Waals surface area contributed by atoms with Gasteiger partial charge in [0.15, 0.2) is 6.10 Å². The molecule has 0 amide bonds. The lowest BCUT2D eigenvalue weighted by atomic mass is 10.0. The van der Waals surface area contributed by atoms with Crippen molar-refractivity contribution in [3.05, 3.63) is 146 Å². The van der Waals surface area contributed by atoms with Crippen LogP contribution in [0.4, 0.5) is 0 Å². The first-order chi connectivity index (χ1) is 43.0. The van der Waals surface area contributed by atoms with Crippen LogP contribution >= 0.6 is 7.82 Å². The summed E-state index contributed by atoms with van der Waals surface area (Å²) in [5.41, 5.74) is 0. The summed E-state index contributed by atoms with van der Waals surface area (Å²) in [6.45, 7) is 4.08.